The topological polar surface area (TPSA) is 44.4 Å². The van der Waals surface area contributed by atoms with Crippen LogP contribution in [0.2, 0.25) is 0 Å². The van der Waals surface area contributed by atoms with E-state index in [-0.39, 0.29) is 23.9 Å². The van der Waals surface area contributed by atoms with Crippen LogP contribution in [-0.4, -0.2) is 49.6 Å². The van der Waals surface area contributed by atoms with E-state index in [1.165, 1.54) is 19.3 Å². The van der Waals surface area contributed by atoms with Gasteiger partial charge in [-0.15, -0.1) is 12.4 Å². The van der Waals surface area contributed by atoms with Gasteiger partial charge >= 0.3 is 0 Å². The van der Waals surface area contributed by atoms with E-state index in [4.69, 9.17) is 0 Å². The monoisotopic (exact) mass is 305 g/mol. The lowest BCUT2D eigenvalue weighted by Crippen LogP contribution is -2.48. The van der Waals surface area contributed by atoms with Crippen LogP contribution in [0.15, 0.2) is 0 Å². The number of carbonyl (C=O) groups excluding carboxylic acids is 1. The summed E-state index contributed by atoms with van der Waals surface area (Å²) in [7, 11) is 2.01. The quantitative estimate of drug-likeness (QED) is 0.756. The highest BCUT2D eigenvalue weighted by Gasteiger charge is 2.23. The summed E-state index contributed by atoms with van der Waals surface area (Å²) in [4.78, 5) is 14.3. The smallest absolute Gasteiger partial charge is 0.234 e. The summed E-state index contributed by atoms with van der Waals surface area (Å²) >= 11 is 0. The molecule has 0 unspecified atom stereocenters. The van der Waals surface area contributed by atoms with E-state index in [1.54, 1.807) is 0 Å². The number of piperidine rings is 1. The van der Waals surface area contributed by atoms with Crippen LogP contribution in [0.5, 0.6) is 0 Å². The van der Waals surface area contributed by atoms with Gasteiger partial charge in [0.15, 0.2) is 0 Å². The van der Waals surface area contributed by atoms with Gasteiger partial charge in [-0.25, -0.2) is 0 Å². The third-order valence-corrected chi connectivity index (χ3v) is 4.24. The van der Waals surface area contributed by atoms with E-state index in [1.807, 2.05) is 7.05 Å². The van der Waals surface area contributed by atoms with Crippen molar-refractivity contribution in [3.8, 4) is 0 Å². The van der Waals surface area contributed by atoms with Crippen molar-refractivity contribution in [2.45, 2.75) is 52.0 Å². The molecule has 1 fully saturated rings. The molecule has 0 radical (unpaired) electrons. The van der Waals surface area contributed by atoms with Crippen LogP contribution < -0.4 is 10.6 Å². The third-order valence-electron chi connectivity index (χ3n) is 4.24. The first-order chi connectivity index (χ1) is 8.96. The van der Waals surface area contributed by atoms with Gasteiger partial charge in [0.2, 0.25) is 5.91 Å². The number of carbonyl (C=O) groups is 1. The normalized spacial score (nSPS) is 17.6. The minimum absolute atomic E-state index is 0. The average molecular weight is 306 g/mol. The zero-order valence-electron chi connectivity index (χ0n) is 13.5. The summed E-state index contributed by atoms with van der Waals surface area (Å²) in [5.74, 6) is 0.999. The second-order valence-corrected chi connectivity index (χ2v) is 6.40. The van der Waals surface area contributed by atoms with Crippen LogP contribution >= 0.6 is 12.4 Å². The maximum atomic E-state index is 12.0. The molecule has 2 N–H and O–H groups in total. The number of nitrogens with one attached hydrogen (secondary N) is 2. The number of amides is 1. The molecule has 4 nitrogen and oxygen atoms in total. The molecule has 20 heavy (non-hydrogen) atoms. The SMILES string of the molecule is CCC(C)(C)NC(=O)CN1CCC(CCNC)CC1.Cl. The third kappa shape index (κ3) is 7.46. The maximum Gasteiger partial charge on any atom is 0.234 e. The van der Waals surface area contributed by atoms with Gasteiger partial charge < -0.3 is 10.6 Å². The van der Waals surface area contributed by atoms with E-state index in [0.717, 1.165) is 32.0 Å². The van der Waals surface area contributed by atoms with Gasteiger partial charge in [-0.3, -0.25) is 9.69 Å². The minimum atomic E-state index is -0.0812. The molecule has 0 aliphatic carbocycles. The molecule has 0 saturated carbocycles. The lowest BCUT2D eigenvalue weighted by molar-refractivity contribution is -0.124. The zero-order valence-corrected chi connectivity index (χ0v) is 14.3. The van der Waals surface area contributed by atoms with Crippen LogP contribution in [0, 0.1) is 5.92 Å². The highest BCUT2D eigenvalue weighted by atomic mass is 35.5. The molecular weight excluding hydrogens is 274 g/mol. The molecule has 1 aliphatic rings. The molecule has 120 valence electrons. The van der Waals surface area contributed by atoms with Crippen molar-refractivity contribution in [3.05, 3.63) is 0 Å². The Morgan fingerprint density at radius 3 is 2.40 bits per heavy atom. The predicted molar refractivity (Wildman–Crippen MR) is 87.5 cm³/mol. The van der Waals surface area contributed by atoms with E-state index in [2.05, 4.69) is 36.3 Å². The number of hydrogen-bond donors (Lipinski definition) is 2. The molecule has 1 heterocycles. The van der Waals surface area contributed by atoms with Gasteiger partial charge in [-0.05, 0) is 72.1 Å². The van der Waals surface area contributed by atoms with E-state index in [0.29, 0.717) is 6.54 Å². The molecule has 0 aromatic heterocycles. The van der Waals surface area contributed by atoms with Gasteiger partial charge in [0.25, 0.3) is 0 Å². The summed E-state index contributed by atoms with van der Waals surface area (Å²) in [5.41, 5.74) is -0.0812. The van der Waals surface area contributed by atoms with Crippen LogP contribution in [-0.2, 0) is 4.79 Å². The fourth-order valence-electron chi connectivity index (χ4n) is 2.49. The van der Waals surface area contributed by atoms with E-state index in [9.17, 15) is 4.79 Å². The fourth-order valence-corrected chi connectivity index (χ4v) is 2.49. The highest BCUT2D eigenvalue weighted by Crippen LogP contribution is 2.19. The van der Waals surface area contributed by atoms with Crippen LogP contribution in [0.3, 0.4) is 0 Å². The Morgan fingerprint density at radius 1 is 1.30 bits per heavy atom. The summed E-state index contributed by atoms with van der Waals surface area (Å²) < 4.78 is 0. The molecule has 0 aromatic rings. The maximum absolute atomic E-state index is 12.0. The van der Waals surface area contributed by atoms with Gasteiger partial charge in [-0.1, -0.05) is 6.92 Å². The second-order valence-electron chi connectivity index (χ2n) is 6.40. The first-order valence-corrected chi connectivity index (χ1v) is 7.65. The Balaban J connectivity index is 0.00000361. The highest BCUT2D eigenvalue weighted by molar-refractivity contribution is 5.85. The van der Waals surface area contributed by atoms with Gasteiger partial charge in [0.1, 0.15) is 0 Å². The van der Waals surface area contributed by atoms with Crippen molar-refractivity contribution < 1.29 is 4.79 Å². The number of likely N-dealkylation sites (tertiary alicyclic amines) is 1. The second kappa shape index (κ2) is 9.59. The summed E-state index contributed by atoms with van der Waals surface area (Å²) in [6.45, 7) is 10.1. The predicted octanol–water partition coefficient (Wildman–Crippen LogP) is 2.03. The summed E-state index contributed by atoms with van der Waals surface area (Å²) in [6, 6.07) is 0. The first-order valence-electron chi connectivity index (χ1n) is 7.65. The molecular formula is C15H32ClN3O. The van der Waals surface area contributed by atoms with Crippen LogP contribution in [0.1, 0.15) is 46.5 Å². The van der Waals surface area contributed by atoms with Gasteiger partial charge in [-0.2, -0.15) is 0 Å². The van der Waals surface area contributed by atoms with Gasteiger partial charge in [0.05, 0.1) is 6.54 Å². The molecule has 0 bridgehead atoms. The fraction of sp³-hybridized carbons (Fsp3) is 0.933. The minimum Gasteiger partial charge on any atom is -0.350 e. The molecule has 1 aliphatic heterocycles. The molecule has 1 saturated heterocycles. The molecule has 0 aromatic carbocycles. The standard InChI is InChI=1S/C15H31N3O.ClH/c1-5-15(2,3)17-14(19)12-18-10-7-13(8-11-18)6-9-16-4;/h13,16H,5-12H2,1-4H3,(H,17,19);1H. The Labute approximate surface area is 130 Å². The van der Waals surface area contributed by atoms with Crippen molar-refractivity contribution in [2.24, 2.45) is 5.92 Å². The number of halogens is 1. The number of rotatable bonds is 7. The Bertz CT molecular complexity index is 276. The van der Waals surface area contributed by atoms with E-state index < -0.39 is 0 Å². The van der Waals surface area contributed by atoms with Crippen molar-refractivity contribution in [2.75, 3.05) is 33.2 Å². The number of hydrogen-bond acceptors (Lipinski definition) is 3. The van der Waals surface area contributed by atoms with Crippen LogP contribution in [0.4, 0.5) is 0 Å². The van der Waals surface area contributed by atoms with Crippen LogP contribution in [0.25, 0.3) is 0 Å². The molecule has 1 rings (SSSR count). The zero-order chi connectivity index (χ0) is 14.3. The Kier molecular flexibility index (Phi) is 9.43. The van der Waals surface area contributed by atoms with Gasteiger partial charge in [0, 0.05) is 5.54 Å². The van der Waals surface area contributed by atoms with Crippen molar-refractivity contribution >= 4 is 18.3 Å². The summed E-state index contributed by atoms with van der Waals surface area (Å²) in [5, 5.41) is 6.32. The van der Waals surface area contributed by atoms with Crippen molar-refractivity contribution in [1.82, 2.24) is 15.5 Å². The molecule has 0 spiro atoms. The van der Waals surface area contributed by atoms with Crippen molar-refractivity contribution in [3.63, 3.8) is 0 Å². The molecule has 1 amide bonds. The first kappa shape index (κ1) is 19.7. The Morgan fingerprint density at radius 2 is 1.90 bits per heavy atom. The lowest BCUT2D eigenvalue weighted by Gasteiger charge is -2.33. The summed E-state index contributed by atoms with van der Waals surface area (Å²) in [6.07, 6.45) is 4.68. The Hall–Kier alpha value is -0.320. The molecule has 5 heteroatoms. The van der Waals surface area contributed by atoms with Crippen molar-refractivity contribution in [1.29, 1.82) is 0 Å². The number of nitrogens with zero attached hydrogens (tertiary/aromatic N) is 1. The van der Waals surface area contributed by atoms with E-state index >= 15 is 0 Å². The average Bonchev–Trinajstić information content (AvgIpc) is 2.37. The lowest BCUT2D eigenvalue weighted by atomic mass is 9.93. The largest absolute Gasteiger partial charge is 0.350 e. The molecule has 0 atom stereocenters.